The van der Waals surface area contributed by atoms with Crippen molar-refractivity contribution in [1.82, 2.24) is 15.0 Å². The van der Waals surface area contributed by atoms with E-state index in [2.05, 4.69) is 19.9 Å². The minimum atomic E-state index is -0.148. The van der Waals surface area contributed by atoms with Gasteiger partial charge in [-0.05, 0) is 31.0 Å². The van der Waals surface area contributed by atoms with Crippen LogP contribution in [0.15, 0.2) is 43.0 Å². The molecule has 2 aromatic heterocycles. The molecule has 4 rings (SSSR count). The van der Waals surface area contributed by atoms with E-state index in [4.69, 9.17) is 9.47 Å². The van der Waals surface area contributed by atoms with Gasteiger partial charge in [0, 0.05) is 38.1 Å². The highest BCUT2D eigenvalue weighted by Gasteiger charge is 2.45. The Kier molecular flexibility index (Phi) is 3.83. The molecule has 0 aliphatic carbocycles. The van der Waals surface area contributed by atoms with Crippen molar-refractivity contribution in [3.05, 3.63) is 43.0 Å². The van der Waals surface area contributed by atoms with E-state index in [1.807, 2.05) is 18.2 Å². The molecule has 2 aliphatic heterocycles. The number of pyridine rings is 1. The summed E-state index contributed by atoms with van der Waals surface area (Å²) in [6.45, 7) is 2.42. The molecule has 0 aromatic carbocycles. The third-order valence-corrected chi connectivity index (χ3v) is 4.49. The van der Waals surface area contributed by atoms with Crippen LogP contribution in [0, 0.1) is 0 Å². The van der Waals surface area contributed by atoms with Crippen molar-refractivity contribution < 1.29 is 9.47 Å². The molecule has 4 heterocycles. The van der Waals surface area contributed by atoms with Gasteiger partial charge in [0.25, 0.3) is 0 Å². The molecule has 23 heavy (non-hydrogen) atoms. The molecule has 0 saturated carbocycles. The lowest BCUT2D eigenvalue weighted by Crippen LogP contribution is -2.48. The Morgan fingerprint density at radius 1 is 1.22 bits per heavy atom. The largest absolute Gasteiger partial charge is 0.486 e. The maximum atomic E-state index is 6.18. The van der Waals surface area contributed by atoms with Crippen LogP contribution >= 0.6 is 0 Å². The Morgan fingerprint density at radius 3 is 2.96 bits per heavy atom. The lowest BCUT2D eigenvalue weighted by molar-refractivity contribution is -0.00845. The zero-order chi connectivity index (χ0) is 15.5. The minimum absolute atomic E-state index is 0.0795. The van der Waals surface area contributed by atoms with Crippen molar-refractivity contribution in [3.8, 4) is 5.75 Å². The molecule has 0 N–H and O–H groups in total. The van der Waals surface area contributed by atoms with Crippen LogP contribution in [0.5, 0.6) is 5.75 Å². The van der Waals surface area contributed by atoms with Crippen LogP contribution in [0.25, 0.3) is 0 Å². The van der Waals surface area contributed by atoms with Crippen LogP contribution in [0.4, 0.5) is 5.95 Å². The first-order valence-corrected chi connectivity index (χ1v) is 8.06. The molecule has 0 radical (unpaired) electrons. The first-order valence-electron chi connectivity index (χ1n) is 8.06. The van der Waals surface area contributed by atoms with Crippen LogP contribution < -0.4 is 9.64 Å². The van der Waals surface area contributed by atoms with Gasteiger partial charge >= 0.3 is 0 Å². The molecule has 1 spiro atoms. The van der Waals surface area contributed by atoms with Crippen LogP contribution in [0.1, 0.15) is 19.3 Å². The fraction of sp³-hybridized carbons (Fsp3) is 0.471. The standard InChI is InChI=1S/C17H20N4O2/c1-4-14(11-18-6-1)23-15-10-17(22-12-15)5-2-9-21(13-17)16-19-7-3-8-20-16/h1,3-4,6-8,11,15H,2,5,9-10,12-13H2/t15-,17-/m0/s1. The summed E-state index contributed by atoms with van der Waals surface area (Å²) >= 11 is 0. The van der Waals surface area contributed by atoms with Crippen molar-refractivity contribution >= 4 is 5.95 Å². The number of anilines is 1. The number of aromatic nitrogens is 3. The Morgan fingerprint density at radius 2 is 2.13 bits per heavy atom. The molecule has 2 aliphatic rings. The normalized spacial score (nSPS) is 27.3. The molecule has 6 nitrogen and oxygen atoms in total. The lowest BCUT2D eigenvalue weighted by Gasteiger charge is -2.39. The molecule has 120 valence electrons. The molecule has 0 amide bonds. The molecule has 2 atom stereocenters. The van der Waals surface area contributed by atoms with E-state index in [0.717, 1.165) is 44.0 Å². The zero-order valence-electron chi connectivity index (χ0n) is 13.0. The van der Waals surface area contributed by atoms with Gasteiger partial charge < -0.3 is 14.4 Å². The second-order valence-electron chi connectivity index (χ2n) is 6.20. The topological polar surface area (TPSA) is 60.4 Å². The molecule has 0 bridgehead atoms. The van der Waals surface area contributed by atoms with Crippen molar-refractivity contribution in [3.63, 3.8) is 0 Å². The van der Waals surface area contributed by atoms with Gasteiger partial charge in [-0.25, -0.2) is 9.97 Å². The number of rotatable bonds is 3. The van der Waals surface area contributed by atoms with E-state index in [-0.39, 0.29) is 11.7 Å². The highest BCUT2D eigenvalue weighted by molar-refractivity contribution is 5.31. The van der Waals surface area contributed by atoms with Crippen LogP contribution in [-0.4, -0.2) is 46.4 Å². The molecular formula is C17H20N4O2. The first-order chi connectivity index (χ1) is 11.3. The maximum absolute atomic E-state index is 6.18. The zero-order valence-corrected chi connectivity index (χ0v) is 13.0. The monoisotopic (exact) mass is 312 g/mol. The summed E-state index contributed by atoms with van der Waals surface area (Å²) in [5.74, 6) is 1.59. The summed E-state index contributed by atoms with van der Waals surface area (Å²) in [6.07, 6.45) is 10.2. The van der Waals surface area contributed by atoms with Crippen molar-refractivity contribution in [2.45, 2.75) is 31.0 Å². The number of nitrogens with zero attached hydrogens (tertiary/aromatic N) is 4. The van der Waals surface area contributed by atoms with Gasteiger partial charge in [0.05, 0.1) is 18.4 Å². The van der Waals surface area contributed by atoms with Gasteiger partial charge in [0.1, 0.15) is 11.9 Å². The fourth-order valence-corrected chi connectivity index (χ4v) is 3.50. The van der Waals surface area contributed by atoms with Crippen LogP contribution in [-0.2, 0) is 4.74 Å². The summed E-state index contributed by atoms with van der Waals surface area (Å²) in [6, 6.07) is 5.66. The predicted octanol–water partition coefficient (Wildman–Crippen LogP) is 2.08. The maximum Gasteiger partial charge on any atom is 0.225 e. The first kappa shape index (κ1) is 14.4. The molecule has 0 unspecified atom stereocenters. The molecule has 2 saturated heterocycles. The summed E-state index contributed by atoms with van der Waals surface area (Å²) in [4.78, 5) is 15.0. The van der Waals surface area contributed by atoms with Crippen LogP contribution in [0.2, 0.25) is 0 Å². The number of hydrogen-bond acceptors (Lipinski definition) is 6. The van der Waals surface area contributed by atoms with E-state index in [1.54, 1.807) is 24.8 Å². The third-order valence-electron chi connectivity index (χ3n) is 4.49. The molecule has 6 heteroatoms. The number of ether oxygens (including phenoxy) is 2. The van der Waals surface area contributed by atoms with Gasteiger partial charge in [0.15, 0.2) is 0 Å². The summed E-state index contributed by atoms with van der Waals surface area (Å²) in [5.41, 5.74) is -0.148. The lowest BCUT2D eigenvalue weighted by atomic mass is 9.89. The van der Waals surface area contributed by atoms with E-state index in [0.29, 0.717) is 6.61 Å². The summed E-state index contributed by atoms with van der Waals surface area (Å²) in [7, 11) is 0. The minimum Gasteiger partial charge on any atom is -0.486 e. The highest BCUT2D eigenvalue weighted by atomic mass is 16.6. The molecule has 2 aromatic rings. The SMILES string of the molecule is c1cnc(N2CCC[C@]3(C[C@H](Oc4cccnc4)CO3)C2)nc1. The van der Waals surface area contributed by atoms with Gasteiger partial charge in [0.2, 0.25) is 5.95 Å². The Hall–Kier alpha value is -2.21. The number of hydrogen-bond donors (Lipinski definition) is 0. The van der Waals surface area contributed by atoms with Crippen LogP contribution in [0.3, 0.4) is 0 Å². The second-order valence-corrected chi connectivity index (χ2v) is 6.20. The fourth-order valence-electron chi connectivity index (χ4n) is 3.50. The van der Waals surface area contributed by atoms with Crippen molar-refractivity contribution in [2.75, 3.05) is 24.6 Å². The quantitative estimate of drug-likeness (QED) is 0.865. The van der Waals surface area contributed by atoms with Crippen molar-refractivity contribution in [2.24, 2.45) is 0 Å². The average Bonchev–Trinajstić information content (AvgIpc) is 2.98. The van der Waals surface area contributed by atoms with Gasteiger partial charge in [-0.3, -0.25) is 4.98 Å². The predicted molar refractivity (Wildman–Crippen MR) is 85.4 cm³/mol. The van der Waals surface area contributed by atoms with Gasteiger partial charge in [-0.15, -0.1) is 0 Å². The Labute approximate surface area is 135 Å². The van der Waals surface area contributed by atoms with E-state index in [9.17, 15) is 0 Å². The van der Waals surface area contributed by atoms with Gasteiger partial charge in [-0.2, -0.15) is 0 Å². The Balaban J connectivity index is 1.43. The second kappa shape index (κ2) is 6.12. The van der Waals surface area contributed by atoms with E-state index >= 15 is 0 Å². The number of piperidine rings is 1. The summed E-state index contributed by atoms with van der Waals surface area (Å²) in [5, 5.41) is 0. The van der Waals surface area contributed by atoms with Crippen molar-refractivity contribution in [1.29, 1.82) is 0 Å². The molecule has 2 fully saturated rings. The third kappa shape index (κ3) is 3.12. The summed E-state index contributed by atoms with van der Waals surface area (Å²) < 4.78 is 12.2. The highest BCUT2D eigenvalue weighted by Crippen LogP contribution is 2.36. The van der Waals surface area contributed by atoms with E-state index < -0.39 is 0 Å². The average molecular weight is 312 g/mol. The van der Waals surface area contributed by atoms with E-state index in [1.165, 1.54) is 0 Å². The Bertz CT molecular complexity index is 640. The smallest absolute Gasteiger partial charge is 0.225 e. The van der Waals surface area contributed by atoms with Gasteiger partial charge in [-0.1, -0.05) is 0 Å². The molecular weight excluding hydrogens is 292 g/mol.